The minimum atomic E-state index is 0.207. The van der Waals surface area contributed by atoms with Gasteiger partial charge in [0.25, 0.3) is 0 Å². The monoisotopic (exact) mass is 287 g/mol. The molecule has 1 aromatic carbocycles. The zero-order valence-electron chi connectivity index (χ0n) is 14.6. The van der Waals surface area contributed by atoms with Gasteiger partial charge in [-0.15, -0.1) is 0 Å². The first-order chi connectivity index (χ1) is 9.94. The molecule has 1 aliphatic carbocycles. The predicted octanol–water partition coefficient (Wildman–Crippen LogP) is 5.20. The van der Waals surface area contributed by atoms with Crippen LogP contribution in [-0.2, 0) is 19.3 Å². The van der Waals surface area contributed by atoms with Crippen molar-refractivity contribution < 1.29 is 0 Å². The Morgan fingerprint density at radius 2 is 1.67 bits per heavy atom. The highest BCUT2D eigenvalue weighted by Crippen LogP contribution is 2.48. The molecule has 1 aliphatic rings. The van der Waals surface area contributed by atoms with Gasteiger partial charge in [-0.25, -0.2) is 0 Å². The van der Waals surface area contributed by atoms with E-state index < -0.39 is 0 Å². The van der Waals surface area contributed by atoms with Gasteiger partial charge in [-0.05, 0) is 65.7 Å². The molecule has 1 nitrogen and oxygen atoms in total. The van der Waals surface area contributed by atoms with Gasteiger partial charge >= 0.3 is 0 Å². The Labute approximate surface area is 131 Å². The Hall–Kier alpha value is -0.820. The third-order valence-electron chi connectivity index (χ3n) is 5.69. The first-order valence-corrected chi connectivity index (χ1v) is 8.84. The van der Waals surface area contributed by atoms with Crippen LogP contribution in [0.2, 0.25) is 0 Å². The first kappa shape index (κ1) is 16.5. The van der Waals surface area contributed by atoms with Gasteiger partial charge in [0.2, 0.25) is 0 Å². The van der Waals surface area contributed by atoms with Crippen molar-refractivity contribution in [1.29, 1.82) is 0 Å². The number of benzene rings is 1. The van der Waals surface area contributed by atoms with E-state index in [0.29, 0.717) is 11.3 Å². The predicted molar refractivity (Wildman–Crippen MR) is 92.6 cm³/mol. The Bertz CT molecular complexity index is 462. The summed E-state index contributed by atoms with van der Waals surface area (Å²) in [7, 11) is 0. The molecule has 2 atom stereocenters. The van der Waals surface area contributed by atoms with Crippen LogP contribution in [0.15, 0.2) is 12.1 Å². The standard InChI is InChI=1S/C20H33N/c1-6-14-12-15(7-2)18(16(8-3)13-14)19(21)17-10-9-11-20(17,4)5/h12-13,17,19H,6-11,21H2,1-5H3. The second kappa shape index (κ2) is 6.52. The molecule has 2 unspecified atom stereocenters. The third kappa shape index (κ3) is 3.18. The summed E-state index contributed by atoms with van der Waals surface area (Å²) in [6, 6.07) is 5.00. The minimum Gasteiger partial charge on any atom is -0.324 e. The summed E-state index contributed by atoms with van der Waals surface area (Å²) < 4.78 is 0. The van der Waals surface area contributed by atoms with Gasteiger partial charge < -0.3 is 5.73 Å². The number of aryl methyl sites for hydroxylation is 3. The number of hydrogen-bond acceptors (Lipinski definition) is 1. The van der Waals surface area contributed by atoms with E-state index in [0.717, 1.165) is 19.3 Å². The zero-order valence-corrected chi connectivity index (χ0v) is 14.6. The average Bonchev–Trinajstić information content (AvgIpc) is 2.84. The number of hydrogen-bond donors (Lipinski definition) is 1. The molecule has 1 fully saturated rings. The average molecular weight is 287 g/mol. The summed E-state index contributed by atoms with van der Waals surface area (Å²) in [5.41, 5.74) is 13.1. The van der Waals surface area contributed by atoms with Gasteiger partial charge in [-0.1, -0.05) is 53.2 Å². The summed E-state index contributed by atoms with van der Waals surface area (Å²) in [6.45, 7) is 11.6. The van der Waals surface area contributed by atoms with Crippen LogP contribution in [0, 0.1) is 11.3 Å². The molecule has 0 bridgehead atoms. The quantitative estimate of drug-likeness (QED) is 0.791. The summed E-state index contributed by atoms with van der Waals surface area (Å²) >= 11 is 0. The number of nitrogens with two attached hydrogens (primary N) is 1. The van der Waals surface area contributed by atoms with E-state index in [1.807, 2.05) is 0 Å². The maximum absolute atomic E-state index is 6.82. The third-order valence-corrected chi connectivity index (χ3v) is 5.69. The molecule has 2 rings (SSSR count). The fourth-order valence-corrected chi connectivity index (χ4v) is 4.29. The molecular weight excluding hydrogens is 254 g/mol. The fraction of sp³-hybridized carbons (Fsp3) is 0.700. The second-order valence-electron chi connectivity index (χ2n) is 7.40. The molecular formula is C20H33N. The van der Waals surface area contributed by atoms with Gasteiger partial charge in [-0.3, -0.25) is 0 Å². The van der Waals surface area contributed by atoms with Gasteiger partial charge in [0.1, 0.15) is 0 Å². The van der Waals surface area contributed by atoms with E-state index in [2.05, 4.69) is 46.8 Å². The molecule has 0 aromatic heterocycles. The fourth-order valence-electron chi connectivity index (χ4n) is 4.29. The Morgan fingerprint density at radius 1 is 1.10 bits per heavy atom. The molecule has 0 amide bonds. The van der Waals surface area contributed by atoms with Crippen LogP contribution in [-0.4, -0.2) is 0 Å². The van der Waals surface area contributed by atoms with Crippen LogP contribution in [0.4, 0.5) is 0 Å². The van der Waals surface area contributed by atoms with Crippen molar-refractivity contribution >= 4 is 0 Å². The molecule has 118 valence electrons. The summed E-state index contributed by atoms with van der Waals surface area (Å²) in [4.78, 5) is 0. The van der Waals surface area contributed by atoms with Crippen molar-refractivity contribution in [3.8, 4) is 0 Å². The van der Waals surface area contributed by atoms with E-state index in [1.165, 1.54) is 41.5 Å². The highest BCUT2D eigenvalue weighted by molar-refractivity contribution is 5.42. The van der Waals surface area contributed by atoms with Gasteiger partial charge in [-0.2, -0.15) is 0 Å². The molecule has 1 saturated carbocycles. The van der Waals surface area contributed by atoms with Crippen molar-refractivity contribution in [2.45, 2.75) is 79.2 Å². The lowest BCUT2D eigenvalue weighted by atomic mass is 9.73. The lowest BCUT2D eigenvalue weighted by Crippen LogP contribution is -2.31. The smallest absolute Gasteiger partial charge is 0.0334 e. The SMILES string of the molecule is CCc1cc(CC)c(C(N)C2CCCC2(C)C)c(CC)c1. The summed E-state index contributed by atoms with van der Waals surface area (Å²) in [5.74, 6) is 0.626. The van der Waals surface area contributed by atoms with Crippen LogP contribution in [0.5, 0.6) is 0 Å². The minimum absolute atomic E-state index is 0.207. The van der Waals surface area contributed by atoms with E-state index in [1.54, 1.807) is 0 Å². The van der Waals surface area contributed by atoms with Crippen LogP contribution in [0.25, 0.3) is 0 Å². The summed E-state index contributed by atoms with van der Waals surface area (Å²) in [5, 5.41) is 0. The van der Waals surface area contributed by atoms with Crippen molar-refractivity contribution in [3.63, 3.8) is 0 Å². The molecule has 0 heterocycles. The van der Waals surface area contributed by atoms with Gasteiger partial charge in [0, 0.05) is 6.04 Å². The lowest BCUT2D eigenvalue weighted by molar-refractivity contribution is 0.221. The molecule has 2 N–H and O–H groups in total. The highest BCUT2D eigenvalue weighted by atomic mass is 14.7. The summed E-state index contributed by atoms with van der Waals surface area (Å²) in [6.07, 6.45) is 7.25. The van der Waals surface area contributed by atoms with E-state index in [4.69, 9.17) is 5.73 Å². The van der Waals surface area contributed by atoms with Crippen LogP contribution in [0.1, 0.15) is 82.2 Å². The lowest BCUT2D eigenvalue weighted by Gasteiger charge is -2.34. The maximum atomic E-state index is 6.82. The van der Waals surface area contributed by atoms with E-state index in [-0.39, 0.29) is 6.04 Å². The Kier molecular flexibility index (Phi) is 5.14. The number of rotatable bonds is 5. The van der Waals surface area contributed by atoms with Crippen LogP contribution >= 0.6 is 0 Å². The van der Waals surface area contributed by atoms with Crippen LogP contribution in [0.3, 0.4) is 0 Å². The molecule has 0 aliphatic heterocycles. The normalized spacial score (nSPS) is 22.5. The highest BCUT2D eigenvalue weighted by Gasteiger charge is 2.39. The molecule has 21 heavy (non-hydrogen) atoms. The van der Waals surface area contributed by atoms with Gasteiger partial charge in [0.15, 0.2) is 0 Å². The molecule has 0 spiro atoms. The first-order valence-electron chi connectivity index (χ1n) is 8.84. The maximum Gasteiger partial charge on any atom is 0.0334 e. The van der Waals surface area contributed by atoms with E-state index in [9.17, 15) is 0 Å². The molecule has 1 aromatic rings. The van der Waals surface area contributed by atoms with Gasteiger partial charge in [0.05, 0.1) is 0 Å². The van der Waals surface area contributed by atoms with Crippen molar-refractivity contribution in [2.24, 2.45) is 17.1 Å². The van der Waals surface area contributed by atoms with Crippen molar-refractivity contribution in [1.82, 2.24) is 0 Å². The largest absolute Gasteiger partial charge is 0.324 e. The second-order valence-corrected chi connectivity index (χ2v) is 7.40. The molecule has 0 saturated heterocycles. The van der Waals surface area contributed by atoms with E-state index >= 15 is 0 Å². The Morgan fingerprint density at radius 3 is 2.05 bits per heavy atom. The molecule has 0 radical (unpaired) electrons. The zero-order chi connectivity index (χ0) is 15.6. The topological polar surface area (TPSA) is 26.0 Å². The Balaban J connectivity index is 2.46. The van der Waals surface area contributed by atoms with Crippen LogP contribution < -0.4 is 5.73 Å². The van der Waals surface area contributed by atoms with Crippen molar-refractivity contribution in [2.75, 3.05) is 0 Å². The molecule has 1 heteroatoms. The van der Waals surface area contributed by atoms with Crippen molar-refractivity contribution in [3.05, 3.63) is 34.4 Å².